The Morgan fingerprint density at radius 3 is 2.76 bits per heavy atom. The zero-order valence-electron chi connectivity index (χ0n) is 15.3. The summed E-state index contributed by atoms with van der Waals surface area (Å²) in [4.78, 5) is 21.2. The monoisotopic (exact) mass is 348 g/mol. The van der Waals surface area contributed by atoms with Gasteiger partial charge in [0.05, 0.1) is 31.2 Å². The molecule has 7 heteroatoms. The topological polar surface area (TPSA) is 66.9 Å². The highest BCUT2D eigenvalue weighted by atomic mass is 16.5. The SMILES string of the molecule is COc1ccc(NC(=O)N2CCC[C@@H]2CN2C[C@@H](C)O[C@@H](C)C2)cn1. The van der Waals surface area contributed by atoms with Crippen molar-refractivity contribution in [1.29, 1.82) is 0 Å². The third-order valence-corrected chi connectivity index (χ3v) is 4.80. The van der Waals surface area contributed by atoms with Crippen molar-refractivity contribution in [2.45, 2.75) is 44.9 Å². The second-order valence-electron chi connectivity index (χ2n) is 6.98. The number of carbonyl (C=O) groups is 1. The largest absolute Gasteiger partial charge is 0.481 e. The molecule has 2 saturated heterocycles. The molecule has 0 unspecified atom stereocenters. The van der Waals surface area contributed by atoms with Crippen molar-refractivity contribution in [1.82, 2.24) is 14.8 Å². The van der Waals surface area contributed by atoms with E-state index < -0.39 is 0 Å². The minimum atomic E-state index is -0.0520. The molecule has 3 atom stereocenters. The lowest BCUT2D eigenvalue weighted by molar-refractivity contribution is -0.0712. The summed E-state index contributed by atoms with van der Waals surface area (Å²) >= 11 is 0. The fraction of sp³-hybridized carbons (Fsp3) is 0.667. The van der Waals surface area contributed by atoms with E-state index in [1.165, 1.54) is 0 Å². The summed E-state index contributed by atoms with van der Waals surface area (Å²) in [6.07, 6.45) is 4.21. The van der Waals surface area contributed by atoms with E-state index in [2.05, 4.69) is 29.0 Å². The van der Waals surface area contributed by atoms with Gasteiger partial charge in [-0.15, -0.1) is 0 Å². The molecular weight excluding hydrogens is 320 g/mol. The van der Waals surface area contributed by atoms with E-state index in [4.69, 9.17) is 9.47 Å². The van der Waals surface area contributed by atoms with E-state index in [1.54, 1.807) is 25.4 Å². The molecule has 2 aliphatic heterocycles. The minimum Gasteiger partial charge on any atom is -0.481 e. The van der Waals surface area contributed by atoms with Crippen LogP contribution in [0, 0.1) is 0 Å². The van der Waals surface area contributed by atoms with Crippen molar-refractivity contribution in [3.63, 3.8) is 0 Å². The first-order valence-corrected chi connectivity index (χ1v) is 9.00. The van der Waals surface area contributed by atoms with Crippen molar-refractivity contribution in [2.75, 3.05) is 38.6 Å². The van der Waals surface area contributed by atoms with E-state index in [0.29, 0.717) is 11.6 Å². The number of amides is 2. The lowest BCUT2D eigenvalue weighted by atomic mass is 10.1. The van der Waals surface area contributed by atoms with Crippen LogP contribution < -0.4 is 10.1 Å². The van der Waals surface area contributed by atoms with Crippen LogP contribution in [0.2, 0.25) is 0 Å². The number of pyridine rings is 1. The fourth-order valence-electron chi connectivity index (χ4n) is 3.79. The Morgan fingerprint density at radius 2 is 2.12 bits per heavy atom. The maximum Gasteiger partial charge on any atom is 0.322 e. The first-order valence-electron chi connectivity index (χ1n) is 9.00. The standard InChI is InChI=1S/C18H28N4O3/c1-13-10-21(11-14(2)25-13)12-16-5-4-8-22(16)18(23)20-15-6-7-17(24-3)19-9-15/h6-7,9,13-14,16H,4-5,8,10-12H2,1-3H3,(H,20,23)/t13-,14+,16-/m1/s1. The lowest BCUT2D eigenvalue weighted by Gasteiger charge is -2.38. The van der Waals surface area contributed by atoms with Gasteiger partial charge in [0.2, 0.25) is 5.88 Å². The number of aromatic nitrogens is 1. The first kappa shape index (κ1) is 17.9. The smallest absolute Gasteiger partial charge is 0.322 e. The van der Waals surface area contributed by atoms with Crippen LogP contribution in [0.4, 0.5) is 10.5 Å². The summed E-state index contributed by atoms with van der Waals surface area (Å²) in [6.45, 7) is 7.79. The molecule has 3 heterocycles. The summed E-state index contributed by atoms with van der Waals surface area (Å²) in [7, 11) is 1.57. The Kier molecular flexibility index (Phi) is 5.75. The van der Waals surface area contributed by atoms with Crippen molar-refractivity contribution in [3.05, 3.63) is 18.3 Å². The van der Waals surface area contributed by atoms with Gasteiger partial charge >= 0.3 is 6.03 Å². The number of urea groups is 1. The molecule has 3 rings (SSSR count). The molecule has 0 aromatic carbocycles. The fourth-order valence-corrected chi connectivity index (χ4v) is 3.79. The Hall–Kier alpha value is -1.86. The van der Waals surface area contributed by atoms with Gasteiger partial charge in [0.1, 0.15) is 0 Å². The summed E-state index contributed by atoms with van der Waals surface area (Å²) < 4.78 is 10.8. The second-order valence-corrected chi connectivity index (χ2v) is 6.98. The Bertz CT molecular complexity index is 570. The van der Waals surface area contributed by atoms with Crippen molar-refractivity contribution < 1.29 is 14.3 Å². The van der Waals surface area contributed by atoms with Gasteiger partial charge < -0.3 is 19.7 Å². The van der Waals surface area contributed by atoms with Crippen LogP contribution >= 0.6 is 0 Å². The van der Waals surface area contributed by atoms with Crippen molar-refractivity contribution in [2.24, 2.45) is 0 Å². The van der Waals surface area contributed by atoms with Crippen molar-refractivity contribution >= 4 is 11.7 Å². The predicted octanol–water partition coefficient (Wildman–Crippen LogP) is 2.20. The van der Waals surface area contributed by atoms with E-state index in [1.807, 2.05) is 4.90 Å². The number of anilines is 1. The van der Waals surface area contributed by atoms with E-state index >= 15 is 0 Å². The van der Waals surface area contributed by atoms with Gasteiger partial charge in [0.25, 0.3) is 0 Å². The van der Waals surface area contributed by atoms with Crippen LogP contribution in [0.1, 0.15) is 26.7 Å². The second kappa shape index (κ2) is 8.01. The van der Waals surface area contributed by atoms with Crippen LogP contribution in [0.15, 0.2) is 18.3 Å². The number of carbonyl (C=O) groups excluding carboxylic acids is 1. The summed E-state index contributed by atoms with van der Waals surface area (Å²) in [5, 5.41) is 2.95. The van der Waals surface area contributed by atoms with Crippen LogP contribution in [0.25, 0.3) is 0 Å². The molecule has 0 radical (unpaired) electrons. The molecular formula is C18H28N4O3. The molecule has 25 heavy (non-hydrogen) atoms. The minimum absolute atomic E-state index is 0.0520. The van der Waals surface area contributed by atoms with Crippen molar-refractivity contribution in [3.8, 4) is 5.88 Å². The molecule has 1 N–H and O–H groups in total. The van der Waals surface area contributed by atoms with Gasteiger partial charge in [-0.1, -0.05) is 0 Å². The van der Waals surface area contributed by atoms with E-state index in [-0.39, 0.29) is 24.3 Å². The summed E-state index contributed by atoms with van der Waals surface area (Å²) in [6, 6.07) is 3.75. The molecule has 0 saturated carbocycles. The molecule has 2 amide bonds. The third kappa shape index (κ3) is 4.61. The molecule has 1 aromatic rings. The third-order valence-electron chi connectivity index (χ3n) is 4.80. The molecule has 0 bridgehead atoms. The van der Waals surface area contributed by atoms with Gasteiger partial charge in [0, 0.05) is 38.3 Å². The number of likely N-dealkylation sites (tertiary alicyclic amines) is 1. The van der Waals surface area contributed by atoms with E-state index in [0.717, 1.165) is 39.0 Å². The predicted molar refractivity (Wildman–Crippen MR) is 96.0 cm³/mol. The Labute approximate surface area is 149 Å². The number of ether oxygens (including phenoxy) is 2. The number of hydrogen-bond acceptors (Lipinski definition) is 5. The van der Waals surface area contributed by atoms with Gasteiger partial charge in [-0.3, -0.25) is 4.90 Å². The molecule has 1 aromatic heterocycles. The lowest BCUT2D eigenvalue weighted by Crippen LogP contribution is -2.51. The van der Waals surface area contributed by atoms with Gasteiger partial charge in [-0.2, -0.15) is 0 Å². The number of methoxy groups -OCH3 is 1. The highest BCUT2D eigenvalue weighted by Crippen LogP contribution is 2.22. The average Bonchev–Trinajstić information content (AvgIpc) is 3.03. The highest BCUT2D eigenvalue weighted by molar-refractivity contribution is 5.89. The Morgan fingerprint density at radius 1 is 1.36 bits per heavy atom. The quantitative estimate of drug-likeness (QED) is 0.903. The van der Waals surface area contributed by atoms with Crippen LogP contribution in [0.5, 0.6) is 5.88 Å². The van der Waals surface area contributed by atoms with Crippen LogP contribution in [-0.4, -0.2) is 72.4 Å². The molecule has 2 fully saturated rings. The maximum atomic E-state index is 12.7. The normalized spacial score (nSPS) is 27.3. The number of rotatable bonds is 4. The van der Waals surface area contributed by atoms with E-state index in [9.17, 15) is 4.79 Å². The van der Waals surface area contributed by atoms with Crippen LogP contribution in [-0.2, 0) is 4.74 Å². The van der Waals surface area contributed by atoms with Gasteiger partial charge in [-0.25, -0.2) is 9.78 Å². The number of morpholine rings is 1. The zero-order chi connectivity index (χ0) is 17.8. The maximum absolute atomic E-state index is 12.7. The van der Waals surface area contributed by atoms with Crippen LogP contribution in [0.3, 0.4) is 0 Å². The van der Waals surface area contributed by atoms with Gasteiger partial charge in [0.15, 0.2) is 0 Å². The number of hydrogen-bond donors (Lipinski definition) is 1. The molecule has 0 aliphatic carbocycles. The average molecular weight is 348 g/mol. The molecule has 0 spiro atoms. The number of nitrogens with zero attached hydrogens (tertiary/aromatic N) is 3. The summed E-state index contributed by atoms with van der Waals surface area (Å²) in [5.74, 6) is 0.535. The molecule has 7 nitrogen and oxygen atoms in total. The molecule has 2 aliphatic rings. The highest BCUT2D eigenvalue weighted by Gasteiger charge is 2.32. The Balaban J connectivity index is 1.57. The molecule has 138 valence electrons. The summed E-state index contributed by atoms with van der Waals surface area (Å²) in [5.41, 5.74) is 0.685. The number of nitrogens with one attached hydrogen (secondary N) is 1. The zero-order valence-corrected chi connectivity index (χ0v) is 15.3. The first-order chi connectivity index (χ1) is 12.0. The van der Waals surface area contributed by atoms with Gasteiger partial charge in [-0.05, 0) is 32.8 Å².